The van der Waals surface area contributed by atoms with Crippen molar-refractivity contribution >= 4 is 34.4 Å². The highest BCUT2D eigenvalue weighted by atomic mass is 15.4. The molecule has 4 heterocycles. The molecule has 8 heteroatoms. The molecule has 0 spiro atoms. The molecule has 5 rings (SSSR count). The molecule has 0 saturated carbocycles. The summed E-state index contributed by atoms with van der Waals surface area (Å²) in [5.74, 6) is 1.42. The number of anilines is 3. The Balaban J connectivity index is 1.40. The van der Waals surface area contributed by atoms with Gasteiger partial charge in [0.15, 0.2) is 5.82 Å². The zero-order valence-corrected chi connectivity index (χ0v) is 14.1. The van der Waals surface area contributed by atoms with Gasteiger partial charge in [0.25, 0.3) is 0 Å². The van der Waals surface area contributed by atoms with Gasteiger partial charge in [-0.2, -0.15) is 10.1 Å². The Kier molecular flexibility index (Phi) is 3.21. The summed E-state index contributed by atoms with van der Waals surface area (Å²) in [6, 6.07) is 10.1. The molecule has 0 amide bonds. The van der Waals surface area contributed by atoms with Crippen molar-refractivity contribution in [3.8, 4) is 0 Å². The second kappa shape index (κ2) is 5.69. The first-order valence-corrected chi connectivity index (χ1v) is 8.25. The molecule has 128 valence electrons. The number of rotatable bonds is 3. The molecule has 1 aromatic carbocycles. The molecule has 0 saturated heterocycles. The lowest BCUT2D eigenvalue weighted by atomic mass is 10.2. The third kappa shape index (κ3) is 2.48. The number of nitrogens with one attached hydrogen (secondary N) is 1. The Bertz CT molecular complexity index is 1110. The van der Waals surface area contributed by atoms with Gasteiger partial charge in [-0.1, -0.05) is 0 Å². The highest BCUT2D eigenvalue weighted by Gasteiger charge is 2.17. The second-order valence-electron chi connectivity index (χ2n) is 6.10. The van der Waals surface area contributed by atoms with Gasteiger partial charge in [0.05, 0.1) is 30.1 Å². The lowest BCUT2D eigenvalue weighted by Crippen LogP contribution is -2.22. The predicted octanol–water partition coefficient (Wildman–Crippen LogP) is 2.75. The van der Waals surface area contributed by atoms with E-state index in [9.17, 15) is 0 Å². The van der Waals surface area contributed by atoms with Crippen LogP contribution in [0.2, 0.25) is 0 Å². The predicted molar refractivity (Wildman–Crippen MR) is 99.8 cm³/mol. The molecular formula is C18H16N8. The van der Waals surface area contributed by atoms with Gasteiger partial charge in [0.1, 0.15) is 0 Å². The fourth-order valence-electron chi connectivity index (χ4n) is 3.06. The third-order valence-corrected chi connectivity index (χ3v) is 4.38. The largest absolute Gasteiger partial charge is 0.339 e. The van der Waals surface area contributed by atoms with Gasteiger partial charge < -0.3 is 10.2 Å². The molecule has 26 heavy (non-hydrogen) atoms. The van der Waals surface area contributed by atoms with Crippen molar-refractivity contribution in [3.63, 3.8) is 0 Å². The molecule has 1 aliphatic heterocycles. The first-order chi connectivity index (χ1) is 12.8. The maximum absolute atomic E-state index is 4.59. The molecule has 0 radical (unpaired) electrons. The van der Waals surface area contributed by atoms with Crippen LogP contribution in [0.1, 0.15) is 5.82 Å². The summed E-state index contributed by atoms with van der Waals surface area (Å²) in [5, 5.41) is 13.1. The number of benzene rings is 1. The summed E-state index contributed by atoms with van der Waals surface area (Å²) in [6.07, 6.45) is 9.27. The van der Waals surface area contributed by atoms with E-state index in [0.717, 1.165) is 28.1 Å². The lowest BCUT2D eigenvalue weighted by Gasteiger charge is -2.23. The minimum Gasteiger partial charge on any atom is -0.339 e. The number of nitrogens with zero attached hydrogens (tertiary/aromatic N) is 7. The molecule has 1 N–H and O–H groups in total. The summed E-state index contributed by atoms with van der Waals surface area (Å²) in [5.41, 5.74) is 3.07. The molecular weight excluding hydrogens is 328 g/mol. The van der Waals surface area contributed by atoms with Crippen molar-refractivity contribution in [2.45, 2.75) is 6.54 Å². The number of aromatic nitrogens is 6. The standard InChI is InChI=1S/C18H16N8/c1-24-16-5-4-15(9-13(16)10-20-24)25-7-8-26-17(12-25)22-18(23-26)21-14-3-2-6-19-11-14/h2-11H,12H2,1H3,(H,21,23). The van der Waals surface area contributed by atoms with Crippen LogP contribution in [-0.4, -0.2) is 29.5 Å². The maximum atomic E-state index is 4.59. The Morgan fingerprint density at radius 3 is 2.96 bits per heavy atom. The van der Waals surface area contributed by atoms with E-state index >= 15 is 0 Å². The van der Waals surface area contributed by atoms with Crippen LogP contribution in [0, 0.1) is 0 Å². The first-order valence-electron chi connectivity index (χ1n) is 8.25. The van der Waals surface area contributed by atoms with Gasteiger partial charge in [-0.3, -0.25) is 9.67 Å². The van der Waals surface area contributed by atoms with Crippen molar-refractivity contribution in [1.82, 2.24) is 29.5 Å². The minimum absolute atomic E-state index is 0.558. The summed E-state index contributed by atoms with van der Waals surface area (Å²) in [6.45, 7) is 0.643. The topological polar surface area (TPSA) is 76.7 Å². The summed E-state index contributed by atoms with van der Waals surface area (Å²) < 4.78 is 3.66. The highest BCUT2D eigenvalue weighted by molar-refractivity contribution is 5.83. The average Bonchev–Trinajstić information content (AvgIpc) is 3.24. The summed E-state index contributed by atoms with van der Waals surface area (Å²) in [4.78, 5) is 10.8. The molecule has 0 unspecified atom stereocenters. The fourth-order valence-corrected chi connectivity index (χ4v) is 3.06. The smallest absolute Gasteiger partial charge is 0.247 e. The van der Waals surface area contributed by atoms with E-state index in [1.807, 2.05) is 42.5 Å². The SMILES string of the molecule is Cn1ncc2cc(N3C=Cn4nc(Nc5cccnc5)nc4C3)ccc21. The van der Waals surface area contributed by atoms with Crippen LogP contribution in [-0.2, 0) is 13.6 Å². The molecule has 0 fully saturated rings. The average molecular weight is 344 g/mol. The van der Waals surface area contributed by atoms with Crippen LogP contribution in [0.3, 0.4) is 0 Å². The third-order valence-electron chi connectivity index (χ3n) is 4.38. The van der Waals surface area contributed by atoms with Crippen molar-refractivity contribution in [2.24, 2.45) is 7.05 Å². The van der Waals surface area contributed by atoms with Crippen LogP contribution >= 0.6 is 0 Å². The molecule has 4 aromatic rings. The molecule has 8 nitrogen and oxygen atoms in total. The van der Waals surface area contributed by atoms with Gasteiger partial charge in [-0.05, 0) is 30.3 Å². The molecule has 0 aliphatic carbocycles. The quantitative estimate of drug-likeness (QED) is 0.616. The number of fused-ring (bicyclic) bond motifs is 2. The minimum atomic E-state index is 0.558. The fraction of sp³-hybridized carbons (Fsp3) is 0.111. The monoisotopic (exact) mass is 344 g/mol. The normalized spacial score (nSPS) is 13.2. The number of aryl methyl sites for hydroxylation is 1. The van der Waals surface area contributed by atoms with Gasteiger partial charge >= 0.3 is 0 Å². The molecule has 0 bridgehead atoms. The molecule has 1 aliphatic rings. The van der Waals surface area contributed by atoms with E-state index in [4.69, 9.17) is 0 Å². The molecule has 3 aromatic heterocycles. The van der Waals surface area contributed by atoms with Gasteiger partial charge in [0.2, 0.25) is 5.95 Å². The van der Waals surface area contributed by atoms with E-state index in [1.54, 1.807) is 17.1 Å². The zero-order chi connectivity index (χ0) is 17.5. The van der Waals surface area contributed by atoms with Crippen LogP contribution in [0.5, 0.6) is 0 Å². The van der Waals surface area contributed by atoms with Crippen LogP contribution in [0.25, 0.3) is 17.1 Å². The van der Waals surface area contributed by atoms with E-state index in [-0.39, 0.29) is 0 Å². The summed E-state index contributed by atoms with van der Waals surface area (Å²) in [7, 11) is 1.95. The van der Waals surface area contributed by atoms with Gasteiger partial charge in [-0.25, -0.2) is 4.68 Å². The van der Waals surface area contributed by atoms with Gasteiger partial charge in [-0.15, -0.1) is 5.10 Å². The highest BCUT2D eigenvalue weighted by Crippen LogP contribution is 2.25. The van der Waals surface area contributed by atoms with Crippen LogP contribution < -0.4 is 10.2 Å². The number of hydrogen-bond donors (Lipinski definition) is 1. The van der Waals surface area contributed by atoms with Crippen LogP contribution in [0.4, 0.5) is 17.3 Å². The zero-order valence-electron chi connectivity index (χ0n) is 14.1. The van der Waals surface area contributed by atoms with E-state index in [1.165, 1.54) is 0 Å². The summed E-state index contributed by atoms with van der Waals surface area (Å²) >= 11 is 0. The van der Waals surface area contributed by atoms with Crippen molar-refractivity contribution in [3.05, 3.63) is 60.9 Å². The molecule has 0 atom stereocenters. The van der Waals surface area contributed by atoms with Crippen molar-refractivity contribution in [2.75, 3.05) is 10.2 Å². The van der Waals surface area contributed by atoms with Gasteiger partial charge in [0, 0.05) is 36.7 Å². The van der Waals surface area contributed by atoms with E-state index in [0.29, 0.717) is 12.5 Å². The van der Waals surface area contributed by atoms with E-state index in [2.05, 4.69) is 48.6 Å². The van der Waals surface area contributed by atoms with Crippen LogP contribution in [0.15, 0.2) is 55.1 Å². The van der Waals surface area contributed by atoms with Crippen molar-refractivity contribution < 1.29 is 0 Å². The van der Waals surface area contributed by atoms with Crippen molar-refractivity contribution in [1.29, 1.82) is 0 Å². The Labute approximate surface area is 149 Å². The first kappa shape index (κ1) is 14.6. The number of hydrogen-bond acceptors (Lipinski definition) is 6. The Morgan fingerprint density at radius 2 is 2.08 bits per heavy atom. The lowest BCUT2D eigenvalue weighted by molar-refractivity contribution is 0.775. The maximum Gasteiger partial charge on any atom is 0.247 e. The second-order valence-corrected chi connectivity index (χ2v) is 6.10. The van der Waals surface area contributed by atoms with E-state index < -0.39 is 0 Å². The Morgan fingerprint density at radius 1 is 1.12 bits per heavy atom. The Hall–Kier alpha value is -3.68. The number of pyridine rings is 1.